The molecule has 1 aromatic rings. The van der Waals surface area contributed by atoms with Crippen LogP contribution in [0.4, 0.5) is 0 Å². The number of ether oxygens (including phenoxy) is 1. The first-order valence-corrected chi connectivity index (χ1v) is 8.85. The van der Waals surface area contributed by atoms with Gasteiger partial charge in [0.05, 0.1) is 5.69 Å². The lowest BCUT2D eigenvalue weighted by Crippen LogP contribution is -2.29. The highest BCUT2D eigenvalue weighted by molar-refractivity contribution is 7.11. The van der Waals surface area contributed by atoms with Gasteiger partial charge in [0.2, 0.25) is 0 Å². The molecule has 3 nitrogen and oxygen atoms in total. The van der Waals surface area contributed by atoms with Crippen LogP contribution in [-0.4, -0.2) is 18.6 Å². The molecule has 0 aliphatic heterocycles. The summed E-state index contributed by atoms with van der Waals surface area (Å²) in [6, 6.07) is 0. The molecule has 1 aliphatic rings. The molecule has 20 heavy (non-hydrogen) atoms. The van der Waals surface area contributed by atoms with Gasteiger partial charge in [0.1, 0.15) is 10.6 Å². The first-order valence-electron chi connectivity index (χ1n) is 8.03. The third-order valence-corrected chi connectivity index (χ3v) is 5.46. The molecule has 0 radical (unpaired) electrons. The van der Waals surface area contributed by atoms with Crippen molar-refractivity contribution in [3.63, 3.8) is 0 Å². The molecule has 0 unspecified atom stereocenters. The normalized spacial score (nSPS) is 18.9. The summed E-state index contributed by atoms with van der Waals surface area (Å²) >= 11 is 1.86. The number of hydrogen-bond donors (Lipinski definition) is 1. The number of hydrogen-bond acceptors (Lipinski definition) is 4. The van der Waals surface area contributed by atoms with Crippen LogP contribution in [0.5, 0.6) is 0 Å². The van der Waals surface area contributed by atoms with Crippen LogP contribution in [0.25, 0.3) is 0 Å². The highest BCUT2D eigenvalue weighted by Gasteiger charge is 2.37. The summed E-state index contributed by atoms with van der Waals surface area (Å²) in [6.07, 6.45) is 8.49. The maximum absolute atomic E-state index is 6.25. The summed E-state index contributed by atoms with van der Waals surface area (Å²) in [5.41, 5.74) is 1.15. The van der Waals surface area contributed by atoms with E-state index < -0.39 is 0 Å². The van der Waals surface area contributed by atoms with E-state index in [0.29, 0.717) is 0 Å². The molecule has 1 aromatic heterocycles. The van der Waals surface area contributed by atoms with Crippen molar-refractivity contribution in [3.8, 4) is 0 Å². The van der Waals surface area contributed by atoms with E-state index in [1.165, 1.54) is 41.3 Å². The van der Waals surface area contributed by atoms with E-state index >= 15 is 0 Å². The van der Waals surface area contributed by atoms with Gasteiger partial charge < -0.3 is 10.1 Å². The zero-order valence-corrected chi connectivity index (χ0v) is 13.9. The fourth-order valence-electron chi connectivity index (χ4n) is 3.15. The van der Waals surface area contributed by atoms with Crippen molar-refractivity contribution in [2.45, 2.75) is 70.9 Å². The summed E-state index contributed by atoms with van der Waals surface area (Å²) in [5.74, 6) is 0. The molecule has 1 saturated carbocycles. The largest absolute Gasteiger partial charge is 0.368 e. The molecule has 0 amide bonds. The number of aryl methyl sites for hydroxylation is 1. The van der Waals surface area contributed by atoms with E-state index in [1.807, 2.05) is 18.4 Å². The average molecular weight is 296 g/mol. The summed E-state index contributed by atoms with van der Waals surface area (Å²) in [4.78, 5) is 6.34. The molecule has 1 fully saturated rings. The van der Waals surface area contributed by atoms with Gasteiger partial charge in [0, 0.05) is 18.0 Å². The molecule has 0 atom stereocenters. The second-order valence-corrected chi connectivity index (χ2v) is 6.70. The van der Waals surface area contributed by atoms with Crippen LogP contribution in [0.2, 0.25) is 0 Å². The molecule has 0 spiro atoms. The second kappa shape index (κ2) is 7.53. The minimum Gasteiger partial charge on any atom is -0.368 e. The SMILES string of the molecule is CCOC1(c2nc(CC)c(CNC)s2)CCCCCC1. The van der Waals surface area contributed by atoms with Crippen LogP contribution in [0.3, 0.4) is 0 Å². The molecular formula is C16H28N2OS. The van der Waals surface area contributed by atoms with Gasteiger partial charge in [0.25, 0.3) is 0 Å². The number of rotatable bonds is 6. The van der Waals surface area contributed by atoms with E-state index in [1.54, 1.807) is 0 Å². The highest BCUT2D eigenvalue weighted by Crippen LogP contribution is 2.42. The van der Waals surface area contributed by atoms with Gasteiger partial charge in [-0.1, -0.05) is 32.6 Å². The Bertz CT molecular complexity index is 409. The molecule has 2 rings (SSSR count). The number of nitrogens with zero attached hydrogens (tertiary/aromatic N) is 1. The Kier molecular flexibility index (Phi) is 6.00. The summed E-state index contributed by atoms with van der Waals surface area (Å²) < 4.78 is 6.25. The Morgan fingerprint density at radius 2 is 1.90 bits per heavy atom. The lowest BCUT2D eigenvalue weighted by atomic mass is 9.95. The van der Waals surface area contributed by atoms with Crippen molar-refractivity contribution in [2.24, 2.45) is 0 Å². The molecule has 0 bridgehead atoms. The minimum atomic E-state index is -0.105. The summed E-state index contributed by atoms with van der Waals surface area (Å²) in [5, 5.41) is 4.49. The Balaban J connectivity index is 2.32. The van der Waals surface area contributed by atoms with E-state index in [9.17, 15) is 0 Å². The predicted molar refractivity (Wildman–Crippen MR) is 85.3 cm³/mol. The van der Waals surface area contributed by atoms with Crippen molar-refractivity contribution < 1.29 is 4.74 Å². The Labute approximate surface area is 127 Å². The van der Waals surface area contributed by atoms with Gasteiger partial charge in [-0.15, -0.1) is 11.3 Å². The monoisotopic (exact) mass is 296 g/mol. The first kappa shape index (κ1) is 15.9. The van der Waals surface area contributed by atoms with Crippen molar-refractivity contribution in [3.05, 3.63) is 15.6 Å². The van der Waals surface area contributed by atoms with Crippen LogP contribution in [-0.2, 0) is 23.3 Å². The van der Waals surface area contributed by atoms with E-state index in [2.05, 4.69) is 19.2 Å². The van der Waals surface area contributed by atoms with Crippen LogP contribution < -0.4 is 5.32 Å². The molecular weight excluding hydrogens is 268 g/mol. The molecule has 1 heterocycles. The van der Waals surface area contributed by atoms with Gasteiger partial charge in [-0.25, -0.2) is 4.98 Å². The van der Waals surface area contributed by atoms with Gasteiger partial charge in [-0.3, -0.25) is 0 Å². The van der Waals surface area contributed by atoms with Crippen LogP contribution in [0, 0.1) is 0 Å². The van der Waals surface area contributed by atoms with Crippen molar-refractivity contribution in [1.29, 1.82) is 0 Å². The quantitative estimate of drug-likeness (QED) is 0.805. The fourth-order valence-corrected chi connectivity index (χ4v) is 4.51. The Hall–Kier alpha value is -0.450. The van der Waals surface area contributed by atoms with Gasteiger partial charge in [-0.05, 0) is 33.2 Å². The Morgan fingerprint density at radius 3 is 2.45 bits per heavy atom. The van der Waals surface area contributed by atoms with Gasteiger partial charge in [0.15, 0.2) is 0 Å². The maximum Gasteiger partial charge on any atom is 0.125 e. The van der Waals surface area contributed by atoms with E-state index in [4.69, 9.17) is 9.72 Å². The van der Waals surface area contributed by atoms with Crippen LogP contribution in [0.1, 0.15) is 68.0 Å². The molecule has 114 valence electrons. The van der Waals surface area contributed by atoms with Crippen LogP contribution in [0.15, 0.2) is 0 Å². The summed E-state index contributed by atoms with van der Waals surface area (Å²) in [7, 11) is 2.00. The minimum absolute atomic E-state index is 0.105. The second-order valence-electron chi connectivity index (χ2n) is 5.61. The topological polar surface area (TPSA) is 34.1 Å². The average Bonchev–Trinajstić information content (AvgIpc) is 2.71. The molecule has 0 aromatic carbocycles. The third-order valence-electron chi connectivity index (χ3n) is 4.17. The number of aromatic nitrogens is 1. The fraction of sp³-hybridized carbons (Fsp3) is 0.812. The zero-order valence-electron chi connectivity index (χ0n) is 13.1. The summed E-state index contributed by atoms with van der Waals surface area (Å²) in [6.45, 7) is 6.00. The predicted octanol–water partition coefficient (Wildman–Crippen LogP) is 4.01. The van der Waals surface area contributed by atoms with Crippen molar-refractivity contribution in [1.82, 2.24) is 10.3 Å². The zero-order chi connectivity index (χ0) is 14.4. The van der Waals surface area contributed by atoms with Crippen LogP contribution >= 0.6 is 11.3 Å². The van der Waals surface area contributed by atoms with Crippen molar-refractivity contribution >= 4 is 11.3 Å². The first-order chi connectivity index (χ1) is 9.75. The van der Waals surface area contributed by atoms with Crippen molar-refractivity contribution in [2.75, 3.05) is 13.7 Å². The van der Waals surface area contributed by atoms with E-state index in [-0.39, 0.29) is 5.60 Å². The molecule has 0 saturated heterocycles. The van der Waals surface area contributed by atoms with E-state index in [0.717, 1.165) is 32.4 Å². The third kappa shape index (κ3) is 3.41. The number of thiazole rings is 1. The lowest BCUT2D eigenvalue weighted by Gasteiger charge is -2.30. The Morgan fingerprint density at radius 1 is 1.20 bits per heavy atom. The van der Waals surface area contributed by atoms with Gasteiger partial charge in [-0.2, -0.15) is 0 Å². The standard InChI is InChI=1S/C16H28N2OS/c1-4-13-14(12-17-3)20-15(18-13)16(19-5-2)10-8-6-7-9-11-16/h17H,4-12H2,1-3H3. The molecule has 4 heteroatoms. The smallest absolute Gasteiger partial charge is 0.125 e. The maximum atomic E-state index is 6.25. The lowest BCUT2D eigenvalue weighted by molar-refractivity contribution is -0.0560. The number of nitrogens with one attached hydrogen (secondary N) is 1. The highest BCUT2D eigenvalue weighted by atomic mass is 32.1. The molecule has 1 N–H and O–H groups in total. The van der Waals surface area contributed by atoms with Gasteiger partial charge >= 0.3 is 0 Å². The molecule has 1 aliphatic carbocycles.